The highest BCUT2D eigenvalue weighted by molar-refractivity contribution is 6.32. The maximum Gasteiger partial charge on any atom is 0.234 e. The Morgan fingerprint density at radius 1 is 0.706 bits per heavy atom. The molecule has 244 valence electrons. The summed E-state index contributed by atoms with van der Waals surface area (Å²) in [5.41, 5.74) is 12.0. The van der Waals surface area contributed by atoms with E-state index in [4.69, 9.17) is 9.98 Å². The smallest absolute Gasteiger partial charge is 0.234 e. The lowest BCUT2D eigenvalue weighted by atomic mass is 9.79. The van der Waals surface area contributed by atoms with E-state index in [0.717, 1.165) is 29.8 Å². The van der Waals surface area contributed by atoms with Crippen molar-refractivity contribution in [3.8, 4) is 11.1 Å². The van der Waals surface area contributed by atoms with Crippen molar-refractivity contribution in [1.82, 2.24) is 9.88 Å². The molecule has 0 radical (unpaired) electrons. The van der Waals surface area contributed by atoms with E-state index in [0.29, 0.717) is 11.9 Å². The van der Waals surface area contributed by atoms with E-state index < -0.39 is 5.66 Å². The normalized spacial score (nSPS) is 21.3. The maximum absolute atomic E-state index is 5.58. The van der Waals surface area contributed by atoms with Gasteiger partial charge >= 0.3 is 0 Å². The quantitative estimate of drug-likeness (QED) is 0.185. The molecular formula is C47H36N4. The van der Waals surface area contributed by atoms with E-state index in [2.05, 4.69) is 163 Å². The summed E-state index contributed by atoms with van der Waals surface area (Å²) in [5, 5.41) is 10.4. The topological polar surface area (TPSA) is 41.7 Å². The Hall–Kier alpha value is -6.00. The summed E-state index contributed by atoms with van der Waals surface area (Å²) < 4.78 is 2.40. The SMILES string of the molecule is CC1CC=Cc2cc3c4c(c21)c1ccccc1c1c4c2c(n1C1=NC(C)(c4ccccc4)NC(c4ccccc4)=N1)C=CCC2c1ccccc1-3. The number of amidine groups is 1. The van der Waals surface area contributed by atoms with Crippen molar-refractivity contribution in [2.75, 3.05) is 0 Å². The summed E-state index contributed by atoms with van der Waals surface area (Å²) in [6, 6.07) is 41.7. The van der Waals surface area contributed by atoms with Crippen molar-refractivity contribution in [3.63, 3.8) is 0 Å². The van der Waals surface area contributed by atoms with Crippen LogP contribution in [0.2, 0.25) is 0 Å². The summed E-state index contributed by atoms with van der Waals surface area (Å²) in [7, 11) is 0. The second-order valence-corrected chi connectivity index (χ2v) is 14.7. The Kier molecular flexibility index (Phi) is 5.93. The molecule has 7 aromatic rings. The summed E-state index contributed by atoms with van der Waals surface area (Å²) in [5.74, 6) is 2.15. The minimum Gasteiger partial charge on any atom is -0.342 e. The molecule has 0 saturated carbocycles. The van der Waals surface area contributed by atoms with Gasteiger partial charge in [-0.15, -0.1) is 0 Å². The fourth-order valence-electron chi connectivity index (χ4n) is 9.51. The Morgan fingerprint density at radius 3 is 2.27 bits per heavy atom. The summed E-state index contributed by atoms with van der Waals surface area (Å²) in [6.45, 7) is 4.57. The van der Waals surface area contributed by atoms with Gasteiger partial charge in [0.05, 0.1) is 11.2 Å². The molecule has 4 heteroatoms. The van der Waals surface area contributed by atoms with E-state index in [9.17, 15) is 0 Å². The fourth-order valence-corrected chi connectivity index (χ4v) is 9.51. The first-order valence-corrected chi connectivity index (χ1v) is 18.2. The second kappa shape index (κ2) is 10.5. The lowest BCUT2D eigenvalue weighted by molar-refractivity contribution is 0.452. The molecule has 1 aromatic heterocycles. The highest BCUT2D eigenvalue weighted by atomic mass is 15.3. The molecule has 6 aromatic carbocycles. The molecule has 11 rings (SSSR count). The van der Waals surface area contributed by atoms with Gasteiger partial charge in [-0.3, -0.25) is 4.57 Å². The van der Waals surface area contributed by atoms with Gasteiger partial charge in [-0.25, -0.2) is 4.99 Å². The molecule has 1 N–H and O–H groups in total. The van der Waals surface area contributed by atoms with Crippen LogP contribution in [0.25, 0.3) is 55.7 Å². The molecule has 4 nitrogen and oxygen atoms in total. The van der Waals surface area contributed by atoms with Crippen LogP contribution >= 0.6 is 0 Å². The fraction of sp³-hybridized carbons (Fsp3) is 0.149. The highest BCUT2D eigenvalue weighted by Gasteiger charge is 2.38. The van der Waals surface area contributed by atoms with Crippen molar-refractivity contribution < 1.29 is 0 Å². The predicted octanol–water partition coefficient (Wildman–Crippen LogP) is 11.1. The number of aromatic nitrogens is 1. The van der Waals surface area contributed by atoms with Crippen LogP contribution < -0.4 is 5.32 Å². The number of hydrogen-bond donors (Lipinski definition) is 1. The van der Waals surface area contributed by atoms with Crippen LogP contribution in [-0.4, -0.2) is 16.4 Å². The number of aliphatic imine (C=N–C) groups is 2. The van der Waals surface area contributed by atoms with Crippen molar-refractivity contribution in [2.24, 2.45) is 9.98 Å². The first kappa shape index (κ1) is 28.8. The molecule has 51 heavy (non-hydrogen) atoms. The van der Waals surface area contributed by atoms with Crippen LogP contribution in [0.3, 0.4) is 0 Å². The van der Waals surface area contributed by atoms with Gasteiger partial charge in [0, 0.05) is 27.6 Å². The monoisotopic (exact) mass is 656 g/mol. The molecule has 3 aliphatic carbocycles. The standard InChI is InChI=1S/C47H36N4/c1-28-15-13-18-30-27-37-33-22-10-9-21-32(33)34-25-14-26-38-40(34)43-42(37)41(39(28)30)35-23-11-12-24-36(35)44(43)51(38)46-48-45(29-16-5-3-6-17-29)49-47(2,50-46)31-19-7-4-8-20-31/h3-14,16-24,26-28,34H,15,25H2,1-2H3,(H,48,49,50). The average Bonchev–Trinajstić information content (AvgIpc) is 3.48. The largest absolute Gasteiger partial charge is 0.342 e. The highest BCUT2D eigenvalue weighted by Crippen LogP contribution is 2.55. The molecular weight excluding hydrogens is 621 g/mol. The first-order chi connectivity index (χ1) is 25.1. The summed E-state index contributed by atoms with van der Waals surface area (Å²) in [6.07, 6.45) is 11.4. The van der Waals surface area contributed by atoms with Gasteiger partial charge < -0.3 is 5.32 Å². The van der Waals surface area contributed by atoms with Crippen LogP contribution in [0.15, 0.2) is 137 Å². The van der Waals surface area contributed by atoms with Crippen molar-refractivity contribution in [3.05, 3.63) is 166 Å². The number of nitrogens with one attached hydrogen (secondary N) is 1. The molecule has 3 atom stereocenters. The van der Waals surface area contributed by atoms with Gasteiger partial charge in [0.1, 0.15) is 5.84 Å². The predicted molar refractivity (Wildman–Crippen MR) is 213 cm³/mol. The van der Waals surface area contributed by atoms with Gasteiger partial charge in [0.2, 0.25) is 5.96 Å². The number of benzene rings is 6. The third kappa shape index (κ3) is 3.96. The van der Waals surface area contributed by atoms with Crippen molar-refractivity contribution in [2.45, 2.75) is 44.2 Å². The number of hydrogen-bond acceptors (Lipinski definition) is 3. The molecule has 1 aliphatic heterocycles. The van der Waals surface area contributed by atoms with E-state index in [1.807, 2.05) is 0 Å². The zero-order chi connectivity index (χ0) is 33.8. The minimum absolute atomic E-state index is 0.215. The Balaban J connectivity index is 1.35. The van der Waals surface area contributed by atoms with Gasteiger partial charge in [-0.2, -0.15) is 4.99 Å². The minimum atomic E-state index is -0.743. The van der Waals surface area contributed by atoms with Gasteiger partial charge in [-0.1, -0.05) is 134 Å². The van der Waals surface area contributed by atoms with Crippen molar-refractivity contribution >= 4 is 56.4 Å². The summed E-state index contributed by atoms with van der Waals surface area (Å²) in [4.78, 5) is 11.0. The maximum atomic E-state index is 5.58. The Labute approximate surface area is 297 Å². The Bertz CT molecular complexity index is 2750. The van der Waals surface area contributed by atoms with Gasteiger partial charge in [-0.05, 0) is 87.5 Å². The molecule has 4 aliphatic rings. The molecule has 2 heterocycles. The summed E-state index contributed by atoms with van der Waals surface area (Å²) >= 11 is 0. The molecule has 0 spiro atoms. The average molecular weight is 657 g/mol. The van der Waals surface area contributed by atoms with Crippen LogP contribution in [0, 0.1) is 0 Å². The lowest BCUT2D eigenvalue weighted by Crippen LogP contribution is -2.47. The zero-order valence-corrected chi connectivity index (χ0v) is 28.7. The Morgan fingerprint density at radius 2 is 1.43 bits per heavy atom. The number of nitrogens with zero attached hydrogens (tertiary/aromatic N) is 3. The van der Waals surface area contributed by atoms with Crippen LogP contribution in [0.1, 0.15) is 77.6 Å². The third-order valence-electron chi connectivity index (χ3n) is 11.7. The zero-order valence-electron chi connectivity index (χ0n) is 28.7. The van der Waals surface area contributed by atoms with E-state index >= 15 is 0 Å². The molecule has 0 fully saturated rings. The molecule has 0 bridgehead atoms. The lowest BCUT2D eigenvalue weighted by Gasteiger charge is -2.33. The molecule has 0 saturated heterocycles. The second-order valence-electron chi connectivity index (χ2n) is 14.7. The number of allylic oxidation sites excluding steroid dienone is 2. The number of fused-ring (bicyclic) bond motifs is 8. The van der Waals surface area contributed by atoms with Crippen LogP contribution in [0.4, 0.5) is 0 Å². The number of rotatable bonds is 2. The van der Waals surface area contributed by atoms with Gasteiger partial charge in [0.25, 0.3) is 0 Å². The van der Waals surface area contributed by atoms with Crippen molar-refractivity contribution in [1.29, 1.82) is 0 Å². The molecule has 0 amide bonds. The van der Waals surface area contributed by atoms with E-state index in [-0.39, 0.29) is 5.92 Å². The van der Waals surface area contributed by atoms with E-state index in [1.54, 1.807) is 0 Å². The first-order valence-electron chi connectivity index (χ1n) is 18.2. The van der Waals surface area contributed by atoms with Crippen LogP contribution in [-0.2, 0) is 5.66 Å². The van der Waals surface area contributed by atoms with Crippen LogP contribution in [0.5, 0.6) is 0 Å². The third-order valence-corrected chi connectivity index (χ3v) is 11.7. The van der Waals surface area contributed by atoms with Gasteiger partial charge in [0.15, 0.2) is 5.66 Å². The molecule has 3 unspecified atom stereocenters. The van der Waals surface area contributed by atoms with E-state index in [1.165, 1.54) is 71.5 Å².